The topological polar surface area (TPSA) is 83.9 Å². The van der Waals surface area contributed by atoms with Crippen LogP contribution in [0, 0.1) is 5.92 Å². The first-order valence-corrected chi connectivity index (χ1v) is 9.62. The summed E-state index contributed by atoms with van der Waals surface area (Å²) in [6.45, 7) is 1.99. The summed E-state index contributed by atoms with van der Waals surface area (Å²) in [4.78, 5) is 11.6. The van der Waals surface area contributed by atoms with Crippen molar-refractivity contribution < 1.29 is 23.1 Å². The highest BCUT2D eigenvalue weighted by atomic mass is 32.2. The van der Waals surface area contributed by atoms with Gasteiger partial charge in [0.25, 0.3) is 0 Å². The minimum absolute atomic E-state index is 0.182. The van der Waals surface area contributed by atoms with Crippen LogP contribution in [0.25, 0.3) is 10.8 Å². The fourth-order valence-corrected chi connectivity index (χ4v) is 5.46. The number of benzene rings is 2. The van der Waals surface area contributed by atoms with Gasteiger partial charge in [-0.1, -0.05) is 24.3 Å². The summed E-state index contributed by atoms with van der Waals surface area (Å²) in [5.41, 5.74) is 0. The summed E-state index contributed by atoms with van der Waals surface area (Å²) in [5, 5.41) is 10.7. The Morgan fingerprint density at radius 3 is 2.52 bits per heavy atom. The Labute approximate surface area is 147 Å². The molecule has 2 aromatic carbocycles. The lowest BCUT2D eigenvalue weighted by Crippen LogP contribution is -2.49. The van der Waals surface area contributed by atoms with Crippen LogP contribution in [-0.2, 0) is 14.8 Å². The highest BCUT2D eigenvalue weighted by molar-refractivity contribution is 7.89. The van der Waals surface area contributed by atoms with Crippen molar-refractivity contribution in [2.75, 3.05) is 13.7 Å². The lowest BCUT2D eigenvalue weighted by Gasteiger charge is -2.36. The molecule has 1 aliphatic rings. The Kier molecular flexibility index (Phi) is 4.71. The normalized spacial score (nSPS) is 22.0. The summed E-state index contributed by atoms with van der Waals surface area (Å²) in [7, 11) is -2.27. The van der Waals surface area contributed by atoms with Gasteiger partial charge in [0.1, 0.15) is 5.75 Å². The zero-order valence-electron chi connectivity index (χ0n) is 14.2. The summed E-state index contributed by atoms with van der Waals surface area (Å²) >= 11 is 0. The van der Waals surface area contributed by atoms with E-state index in [-0.39, 0.29) is 4.90 Å². The molecule has 7 heteroatoms. The van der Waals surface area contributed by atoms with Gasteiger partial charge in [0.2, 0.25) is 10.0 Å². The zero-order valence-corrected chi connectivity index (χ0v) is 15.0. The van der Waals surface area contributed by atoms with E-state index in [1.54, 1.807) is 32.2 Å². The summed E-state index contributed by atoms with van der Waals surface area (Å²) < 4.78 is 33.2. The molecule has 1 saturated heterocycles. The van der Waals surface area contributed by atoms with Crippen LogP contribution in [0.3, 0.4) is 0 Å². The number of carboxylic acid groups (broad SMARTS) is 1. The monoisotopic (exact) mass is 363 g/mol. The van der Waals surface area contributed by atoms with Crippen molar-refractivity contribution in [3.05, 3.63) is 36.4 Å². The van der Waals surface area contributed by atoms with E-state index in [1.165, 1.54) is 10.4 Å². The second-order valence-electron chi connectivity index (χ2n) is 6.25. The van der Waals surface area contributed by atoms with Gasteiger partial charge in [-0.05, 0) is 31.9 Å². The molecule has 0 radical (unpaired) electrons. The van der Waals surface area contributed by atoms with Gasteiger partial charge < -0.3 is 9.84 Å². The van der Waals surface area contributed by atoms with Crippen LogP contribution in [0.15, 0.2) is 41.3 Å². The number of methoxy groups -OCH3 is 1. The minimum atomic E-state index is -3.81. The summed E-state index contributed by atoms with van der Waals surface area (Å²) in [5.74, 6) is -1.04. The number of nitrogens with zero attached hydrogens (tertiary/aromatic N) is 1. The number of hydrogen-bond donors (Lipinski definition) is 1. The molecular formula is C18H21NO5S. The van der Waals surface area contributed by atoms with Gasteiger partial charge in [-0.3, -0.25) is 4.79 Å². The molecule has 1 N–H and O–H groups in total. The molecule has 6 nitrogen and oxygen atoms in total. The third kappa shape index (κ3) is 2.98. The average molecular weight is 363 g/mol. The lowest BCUT2D eigenvalue weighted by molar-refractivity contribution is -0.144. The fraction of sp³-hybridized carbons (Fsp3) is 0.389. The maximum Gasteiger partial charge on any atom is 0.308 e. The van der Waals surface area contributed by atoms with Gasteiger partial charge in [0, 0.05) is 23.4 Å². The Morgan fingerprint density at radius 2 is 1.88 bits per heavy atom. The molecule has 3 rings (SSSR count). The number of carbonyl (C=O) groups is 1. The van der Waals surface area contributed by atoms with Crippen molar-refractivity contribution in [2.45, 2.75) is 30.7 Å². The molecule has 0 spiro atoms. The predicted molar refractivity (Wildman–Crippen MR) is 94.2 cm³/mol. The summed E-state index contributed by atoms with van der Waals surface area (Å²) in [6, 6.07) is 9.75. The molecule has 0 amide bonds. The summed E-state index contributed by atoms with van der Waals surface area (Å²) in [6.07, 6.45) is 1.03. The molecule has 0 aromatic heterocycles. The standard InChI is InChI=1S/C18H21NO5S/c1-12-13(18(20)21)8-5-11-19(12)25(22,23)17-10-9-16(24-2)14-6-3-4-7-15(14)17/h3-4,6-7,9-10,12-13H,5,8,11H2,1-2H3,(H,20,21)/t12-,13-/m0/s1. The molecule has 0 unspecified atom stereocenters. The van der Waals surface area contributed by atoms with Gasteiger partial charge in [-0.2, -0.15) is 4.31 Å². The average Bonchev–Trinajstić information content (AvgIpc) is 2.60. The van der Waals surface area contributed by atoms with Gasteiger partial charge in [-0.15, -0.1) is 0 Å². The Bertz CT molecular complexity index is 909. The van der Waals surface area contributed by atoms with Crippen molar-refractivity contribution in [2.24, 2.45) is 5.92 Å². The second kappa shape index (κ2) is 6.65. The van der Waals surface area contributed by atoms with Crippen LogP contribution in [0.5, 0.6) is 5.75 Å². The van der Waals surface area contributed by atoms with Crippen LogP contribution in [0.4, 0.5) is 0 Å². The number of fused-ring (bicyclic) bond motifs is 1. The third-order valence-electron chi connectivity index (χ3n) is 4.90. The lowest BCUT2D eigenvalue weighted by atomic mass is 9.92. The van der Waals surface area contributed by atoms with E-state index >= 15 is 0 Å². The van der Waals surface area contributed by atoms with Crippen LogP contribution >= 0.6 is 0 Å². The molecule has 1 aliphatic heterocycles. The molecule has 1 heterocycles. The van der Waals surface area contributed by atoms with Crippen LogP contribution in [0.2, 0.25) is 0 Å². The van der Waals surface area contributed by atoms with E-state index < -0.39 is 28.0 Å². The van der Waals surface area contributed by atoms with Crippen LogP contribution < -0.4 is 4.74 Å². The quantitative estimate of drug-likeness (QED) is 0.903. The minimum Gasteiger partial charge on any atom is -0.496 e. The number of sulfonamides is 1. The number of carboxylic acids is 1. The maximum atomic E-state index is 13.3. The first kappa shape index (κ1) is 17.7. The second-order valence-corrected chi connectivity index (χ2v) is 8.11. The number of ether oxygens (including phenoxy) is 1. The third-order valence-corrected chi connectivity index (χ3v) is 6.94. The van der Waals surface area contributed by atoms with E-state index in [2.05, 4.69) is 0 Å². The molecule has 1 fully saturated rings. The van der Waals surface area contributed by atoms with E-state index in [0.717, 1.165) is 0 Å². The molecule has 0 saturated carbocycles. The molecule has 2 aromatic rings. The van der Waals surface area contributed by atoms with Gasteiger partial charge in [0.15, 0.2) is 0 Å². The molecular weight excluding hydrogens is 342 g/mol. The number of rotatable bonds is 4. The van der Waals surface area contributed by atoms with Crippen molar-refractivity contribution in [3.63, 3.8) is 0 Å². The molecule has 2 atom stereocenters. The van der Waals surface area contributed by atoms with Crippen molar-refractivity contribution >= 4 is 26.8 Å². The Balaban J connectivity index is 2.12. The maximum absolute atomic E-state index is 13.3. The Morgan fingerprint density at radius 1 is 1.20 bits per heavy atom. The van der Waals surface area contributed by atoms with E-state index in [0.29, 0.717) is 35.9 Å². The molecule has 25 heavy (non-hydrogen) atoms. The number of aliphatic carboxylic acids is 1. The van der Waals surface area contributed by atoms with Crippen molar-refractivity contribution in [1.29, 1.82) is 0 Å². The first-order valence-electron chi connectivity index (χ1n) is 8.18. The van der Waals surface area contributed by atoms with E-state index in [1.807, 2.05) is 12.1 Å². The SMILES string of the molecule is COc1ccc(S(=O)(=O)N2CCC[C@H](C(=O)O)[C@@H]2C)c2ccccc12. The number of piperidine rings is 1. The van der Waals surface area contributed by atoms with Gasteiger partial charge in [0.05, 0.1) is 17.9 Å². The van der Waals surface area contributed by atoms with Gasteiger partial charge >= 0.3 is 5.97 Å². The highest BCUT2D eigenvalue weighted by Gasteiger charge is 2.40. The first-order chi connectivity index (χ1) is 11.9. The number of hydrogen-bond acceptors (Lipinski definition) is 4. The van der Waals surface area contributed by atoms with E-state index in [4.69, 9.17) is 4.74 Å². The zero-order chi connectivity index (χ0) is 18.2. The molecule has 0 bridgehead atoms. The van der Waals surface area contributed by atoms with Crippen molar-refractivity contribution in [3.8, 4) is 5.75 Å². The van der Waals surface area contributed by atoms with Crippen molar-refractivity contribution in [1.82, 2.24) is 4.31 Å². The Hall–Kier alpha value is -2.12. The van der Waals surface area contributed by atoms with Crippen LogP contribution in [-0.4, -0.2) is 43.5 Å². The molecule has 0 aliphatic carbocycles. The largest absolute Gasteiger partial charge is 0.496 e. The predicted octanol–water partition coefficient (Wildman–Crippen LogP) is 2.72. The smallest absolute Gasteiger partial charge is 0.308 e. The highest BCUT2D eigenvalue weighted by Crippen LogP contribution is 2.35. The molecule has 134 valence electrons. The van der Waals surface area contributed by atoms with Gasteiger partial charge in [-0.25, -0.2) is 8.42 Å². The van der Waals surface area contributed by atoms with Crippen LogP contribution in [0.1, 0.15) is 19.8 Å². The fourth-order valence-electron chi connectivity index (χ4n) is 3.55. The van der Waals surface area contributed by atoms with E-state index in [9.17, 15) is 18.3 Å².